The van der Waals surface area contributed by atoms with Gasteiger partial charge in [-0.2, -0.15) is 4.31 Å². The highest BCUT2D eigenvalue weighted by atomic mass is 32.2. The quantitative estimate of drug-likeness (QED) is 0.868. The molecule has 0 aliphatic heterocycles. The predicted molar refractivity (Wildman–Crippen MR) is 68.1 cm³/mol. The van der Waals surface area contributed by atoms with Gasteiger partial charge < -0.3 is 5.11 Å². The van der Waals surface area contributed by atoms with E-state index in [1.807, 2.05) is 6.92 Å². The van der Waals surface area contributed by atoms with E-state index in [0.717, 1.165) is 18.2 Å². The molecular formula is C12H16FNO4S. The Labute approximate surface area is 111 Å². The molecule has 0 heterocycles. The fourth-order valence-corrected chi connectivity index (χ4v) is 3.24. The second kappa shape index (κ2) is 6.12. The van der Waals surface area contributed by atoms with Crippen LogP contribution in [0, 0.1) is 5.82 Å². The van der Waals surface area contributed by atoms with E-state index in [1.54, 1.807) is 6.92 Å². The molecule has 19 heavy (non-hydrogen) atoms. The first-order valence-corrected chi connectivity index (χ1v) is 7.31. The molecule has 0 aliphatic carbocycles. The number of halogens is 1. The summed E-state index contributed by atoms with van der Waals surface area (Å²) in [6.07, 6.45) is 0.639. The molecule has 1 aromatic rings. The van der Waals surface area contributed by atoms with Gasteiger partial charge in [0.15, 0.2) is 0 Å². The average Bonchev–Trinajstić information content (AvgIpc) is 2.35. The first kappa shape index (κ1) is 15.6. The van der Waals surface area contributed by atoms with E-state index in [2.05, 4.69) is 0 Å². The van der Waals surface area contributed by atoms with E-state index in [0.29, 0.717) is 13.0 Å². The molecule has 1 rings (SSSR count). The summed E-state index contributed by atoms with van der Waals surface area (Å²) >= 11 is 0. The maximum Gasteiger partial charge on any atom is 0.338 e. The Bertz CT molecular complexity index is 571. The van der Waals surface area contributed by atoms with Crippen LogP contribution in [0.4, 0.5) is 4.39 Å². The zero-order valence-electron chi connectivity index (χ0n) is 10.8. The van der Waals surface area contributed by atoms with Crippen LogP contribution in [0.15, 0.2) is 23.1 Å². The largest absolute Gasteiger partial charge is 0.478 e. The van der Waals surface area contributed by atoms with Crippen molar-refractivity contribution in [2.24, 2.45) is 0 Å². The molecule has 0 unspecified atom stereocenters. The number of benzene rings is 1. The average molecular weight is 289 g/mol. The summed E-state index contributed by atoms with van der Waals surface area (Å²) in [6.45, 7) is 4.13. The number of aromatic carboxylic acids is 1. The van der Waals surface area contributed by atoms with E-state index in [-0.39, 0.29) is 11.4 Å². The van der Waals surface area contributed by atoms with Crippen molar-refractivity contribution in [3.63, 3.8) is 0 Å². The molecular weight excluding hydrogens is 273 g/mol. The van der Waals surface area contributed by atoms with Gasteiger partial charge in [0.05, 0.1) is 10.5 Å². The summed E-state index contributed by atoms with van der Waals surface area (Å²) in [5.74, 6) is -2.45. The Morgan fingerprint density at radius 3 is 2.47 bits per heavy atom. The van der Waals surface area contributed by atoms with Crippen molar-refractivity contribution in [3.8, 4) is 0 Å². The van der Waals surface area contributed by atoms with E-state index in [4.69, 9.17) is 5.11 Å². The first-order valence-electron chi connectivity index (χ1n) is 5.87. The fourth-order valence-electron chi connectivity index (χ4n) is 1.68. The molecule has 0 fully saturated rings. The second-order valence-electron chi connectivity index (χ2n) is 3.94. The van der Waals surface area contributed by atoms with Crippen LogP contribution < -0.4 is 0 Å². The molecule has 0 amide bonds. The van der Waals surface area contributed by atoms with Gasteiger partial charge in [-0.25, -0.2) is 17.6 Å². The van der Waals surface area contributed by atoms with Crippen LogP contribution in [0.1, 0.15) is 30.6 Å². The zero-order valence-corrected chi connectivity index (χ0v) is 11.6. The molecule has 0 saturated heterocycles. The van der Waals surface area contributed by atoms with Gasteiger partial charge in [-0.3, -0.25) is 0 Å². The molecule has 5 nitrogen and oxygen atoms in total. The Balaban J connectivity index is 3.29. The topological polar surface area (TPSA) is 74.7 Å². The Morgan fingerprint density at radius 1 is 1.37 bits per heavy atom. The van der Waals surface area contributed by atoms with Crippen LogP contribution in [0.5, 0.6) is 0 Å². The maximum absolute atomic E-state index is 13.3. The minimum Gasteiger partial charge on any atom is -0.478 e. The van der Waals surface area contributed by atoms with Crippen LogP contribution in [-0.4, -0.2) is 36.9 Å². The lowest BCUT2D eigenvalue weighted by Gasteiger charge is -2.19. The monoisotopic (exact) mass is 289 g/mol. The van der Waals surface area contributed by atoms with Gasteiger partial charge in [0.1, 0.15) is 5.82 Å². The molecule has 0 bridgehead atoms. The van der Waals surface area contributed by atoms with E-state index in [1.165, 1.54) is 4.31 Å². The number of carboxylic acids is 1. The number of hydrogen-bond donors (Lipinski definition) is 1. The summed E-state index contributed by atoms with van der Waals surface area (Å²) in [4.78, 5) is 10.6. The number of carbonyl (C=O) groups is 1. The predicted octanol–water partition coefficient (Wildman–Crippen LogP) is 1.94. The van der Waals surface area contributed by atoms with Gasteiger partial charge in [-0.15, -0.1) is 0 Å². The maximum atomic E-state index is 13.3. The van der Waals surface area contributed by atoms with E-state index < -0.39 is 27.4 Å². The number of nitrogens with zero attached hydrogens (tertiary/aromatic N) is 1. The van der Waals surface area contributed by atoms with Crippen LogP contribution >= 0.6 is 0 Å². The van der Waals surface area contributed by atoms with Crippen molar-refractivity contribution in [1.29, 1.82) is 0 Å². The first-order chi connectivity index (χ1) is 8.84. The van der Waals surface area contributed by atoms with Crippen molar-refractivity contribution < 1.29 is 22.7 Å². The highest BCUT2D eigenvalue weighted by Gasteiger charge is 2.24. The molecule has 0 aliphatic rings. The molecule has 0 saturated carbocycles. The standard InChI is InChI=1S/C12H16FNO4S/c1-3-7-14(4-2)19(17,18)9-5-6-11(13)10(8-9)12(15)16/h5-6,8H,3-4,7H2,1-2H3,(H,15,16). The van der Waals surface area contributed by atoms with Crippen LogP contribution in [0.3, 0.4) is 0 Å². The molecule has 1 aromatic carbocycles. The molecule has 0 spiro atoms. The lowest BCUT2D eigenvalue weighted by atomic mass is 10.2. The van der Waals surface area contributed by atoms with Crippen molar-refractivity contribution in [1.82, 2.24) is 4.31 Å². The van der Waals surface area contributed by atoms with Crippen molar-refractivity contribution >= 4 is 16.0 Å². The minimum absolute atomic E-state index is 0.207. The molecule has 106 valence electrons. The van der Waals surface area contributed by atoms with E-state index >= 15 is 0 Å². The number of hydrogen-bond acceptors (Lipinski definition) is 3. The Kier molecular flexibility index (Phi) is 5.02. The highest BCUT2D eigenvalue weighted by molar-refractivity contribution is 7.89. The number of carboxylic acid groups (broad SMARTS) is 1. The van der Waals surface area contributed by atoms with Crippen LogP contribution in [-0.2, 0) is 10.0 Å². The SMILES string of the molecule is CCCN(CC)S(=O)(=O)c1ccc(F)c(C(=O)O)c1. The lowest BCUT2D eigenvalue weighted by Crippen LogP contribution is -2.31. The molecule has 7 heteroatoms. The fraction of sp³-hybridized carbons (Fsp3) is 0.417. The van der Waals surface area contributed by atoms with Gasteiger partial charge in [0, 0.05) is 13.1 Å². The van der Waals surface area contributed by atoms with E-state index in [9.17, 15) is 17.6 Å². The van der Waals surface area contributed by atoms with Crippen molar-refractivity contribution in [3.05, 3.63) is 29.6 Å². The Hall–Kier alpha value is -1.47. The van der Waals surface area contributed by atoms with Gasteiger partial charge in [0.25, 0.3) is 0 Å². The third-order valence-corrected chi connectivity index (χ3v) is 4.60. The van der Waals surface area contributed by atoms with Gasteiger partial charge >= 0.3 is 5.97 Å². The highest BCUT2D eigenvalue weighted by Crippen LogP contribution is 2.19. The molecule has 0 radical (unpaired) electrons. The summed E-state index contributed by atoms with van der Waals surface area (Å²) in [5.41, 5.74) is -0.645. The summed E-state index contributed by atoms with van der Waals surface area (Å²) in [5, 5.41) is 8.81. The van der Waals surface area contributed by atoms with Crippen LogP contribution in [0.25, 0.3) is 0 Å². The second-order valence-corrected chi connectivity index (χ2v) is 5.88. The third kappa shape index (κ3) is 3.30. The summed E-state index contributed by atoms with van der Waals surface area (Å²) < 4.78 is 39.0. The van der Waals surface area contributed by atoms with Gasteiger partial charge in [-0.1, -0.05) is 13.8 Å². The van der Waals surface area contributed by atoms with Crippen molar-refractivity contribution in [2.45, 2.75) is 25.2 Å². The van der Waals surface area contributed by atoms with Gasteiger partial charge in [0.2, 0.25) is 10.0 Å². The normalized spacial score (nSPS) is 11.8. The van der Waals surface area contributed by atoms with Crippen molar-refractivity contribution in [2.75, 3.05) is 13.1 Å². The smallest absolute Gasteiger partial charge is 0.338 e. The zero-order chi connectivity index (χ0) is 14.6. The number of sulfonamides is 1. The third-order valence-electron chi connectivity index (χ3n) is 2.63. The molecule has 0 aromatic heterocycles. The van der Waals surface area contributed by atoms with Crippen LogP contribution in [0.2, 0.25) is 0 Å². The molecule has 0 atom stereocenters. The minimum atomic E-state index is -3.78. The van der Waals surface area contributed by atoms with Gasteiger partial charge in [-0.05, 0) is 24.6 Å². The lowest BCUT2D eigenvalue weighted by molar-refractivity contribution is 0.0691. The Morgan fingerprint density at radius 2 is 2.00 bits per heavy atom. The molecule has 1 N–H and O–H groups in total. The summed E-state index contributed by atoms with van der Waals surface area (Å²) in [7, 11) is -3.78. The summed E-state index contributed by atoms with van der Waals surface area (Å²) in [6, 6.07) is 2.79. The number of rotatable bonds is 6.